The van der Waals surface area contributed by atoms with E-state index in [-0.39, 0.29) is 12.0 Å². The Kier molecular flexibility index (Phi) is 4.04. The number of nitrogens with one attached hydrogen (secondary N) is 1. The molecule has 0 radical (unpaired) electrons. The summed E-state index contributed by atoms with van der Waals surface area (Å²) < 4.78 is 0. The molecule has 0 spiro atoms. The first-order chi connectivity index (χ1) is 6.53. The van der Waals surface area contributed by atoms with Crippen molar-refractivity contribution in [3.05, 3.63) is 16.1 Å². The van der Waals surface area contributed by atoms with Crippen molar-refractivity contribution in [2.75, 3.05) is 13.2 Å². The summed E-state index contributed by atoms with van der Waals surface area (Å²) in [5.41, 5.74) is -0.0493. The minimum absolute atomic E-state index is 0.0493. The lowest BCUT2D eigenvalue weighted by molar-refractivity contribution is 0.156. The maximum atomic E-state index is 9.04. The van der Waals surface area contributed by atoms with Gasteiger partial charge in [0.25, 0.3) is 0 Å². The molecular formula is C10H18N2OS. The van der Waals surface area contributed by atoms with E-state index in [2.05, 4.69) is 17.2 Å². The number of hydrogen-bond acceptors (Lipinski definition) is 4. The molecular weight excluding hydrogens is 196 g/mol. The standard InChI is InChI=1S/C10H18N2OS/c1-8-4-12-9(14-8)5-11-6-10(2,3)7-13/h4,11,13H,5-7H2,1-3H3. The van der Waals surface area contributed by atoms with Crippen LogP contribution in [-0.4, -0.2) is 23.2 Å². The minimum Gasteiger partial charge on any atom is -0.396 e. The second-order valence-electron chi connectivity index (χ2n) is 4.29. The molecule has 1 rings (SSSR count). The van der Waals surface area contributed by atoms with E-state index >= 15 is 0 Å². The number of aryl methyl sites for hydroxylation is 1. The zero-order chi connectivity index (χ0) is 10.6. The van der Waals surface area contributed by atoms with Crippen LogP contribution in [0.3, 0.4) is 0 Å². The van der Waals surface area contributed by atoms with Crippen molar-refractivity contribution in [1.82, 2.24) is 10.3 Å². The van der Waals surface area contributed by atoms with Gasteiger partial charge in [0.2, 0.25) is 0 Å². The van der Waals surface area contributed by atoms with Crippen molar-refractivity contribution in [2.24, 2.45) is 5.41 Å². The molecule has 0 fully saturated rings. The van der Waals surface area contributed by atoms with Gasteiger partial charge in [-0.1, -0.05) is 13.8 Å². The Labute approximate surface area is 89.2 Å². The van der Waals surface area contributed by atoms with E-state index in [9.17, 15) is 0 Å². The molecule has 2 N–H and O–H groups in total. The fraction of sp³-hybridized carbons (Fsp3) is 0.700. The van der Waals surface area contributed by atoms with Crippen LogP contribution in [0.25, 0.3) is 0 Å². The fourth-order valence-corrected chi connectivity index (χ4v) is 1.80. The number of nitrogens with zero attached hydrogens (tertiary/aromatic N) is 1. The number of aromatic nitrogens is 1. The molecule has 0 aliphatic heterocycles. The number of aliphatic hydroxyl groups is 1. The predicted octanol–water partition coefficient (Wildman–Crippen LogP) is 1.56. The van der Waals surface area contributed by atoms with Crippen molar-refractivity contribution in [3.8, 4) is 0 Å². The van der Waals surface area contributed by atoms with Gasteiger partial charge in [-0.15, -0.1) is 11.3 Å². The molecule has 0 saturated carbocycles. The lowest BCUT2D eigenvalue weighted by Crippen LogP contribution is -2.31. The highest BCUT2D eigenvalue weighted by atomic mass is 32.1. The van der Waals surface area contributed by atoms with Crippen LogP contribution in [0.5, 0.6) is 0 Å². The van der Waals surface area contributed by atoms with E-state index < -0.39 is 0 Å². The van der Waals surface area contributed by atoms with Gasteiger partial charge < -0.3 is 10.4 Å². The lowest BCUT2D eigenvalue weighted by Gasteiger charge is -2.21. The van der Waals surface area contributed by atoms with Crippen molar-refractivity contribution in [2.45, 2.75) is 27.3 Å². The molecule has 80 valence electrons. The molecule has 4 heteroatoms. The zero-order valence-electron chi connectivity index (χ0n) is 9.00. The molecule has 14 heavy (non-hydrogen) atoms. The summed E-state index contributed by atoms with van der Waals surface area (Å²) in [6.07, 6.45) is 1.89. The van der Waals surface area contributed by atoms with E-state index in [1.807, 2.05) is 20.0 Å². The van der Waals surface area contributed by atoms with Crippen LogP contribution in [0.2, 0.25) is 0 Å². The molecule has 1 aromatic heterocycles. The molecule has 0 unspecified atom stereocenters. The normalized spacial score (nSPS) is 12.0. The van der Waals surface area contributed by atoms with E-state index in [1.165, 1.54) is 4.88 Å². The lowest BCUT2D eigenvalue weighted by atomic mass is 9.95. The molecule has 0 bridgehead atoms. The van der Waals surface area contributed by atoms with Gasteiger partial charge in [0, 0.05) is 36.2 Å². The molecule has 1 heterocycles. The van der Waals surface area contributed by atoms with Crippen molar-refractivity contribution < 1.29 is 5.11 Å². The van der Waals surface area contributed by atoms with Crippen LogP contribution in [0.1, 0.15) is 23.7 Å². The predicted molar refractivity (Wildman–Crippen MR) is 59.4 cm³/mol. The summed E-state index contributed by atoms with van der Waals surface area (Å²) in [5.74, 6) is 0. The van der Waals surface area contributed by atoms with Gasteiger partial charge in [-0.05, 0) is 6.92 Å². The first-order valence-corrected chi connectivity index (χ1v) is 5.58. The maximum Gasteiger partial charge on any atom is 0.107 e. The fourth-order valence-electron chi connectivity index (χ4n) is 1.05. The highest BCUT2D eigenvalue weighted by Gasteiger charge is 2.15. The van der Waals surface area contributed by atoms with E-state index in [4.69, 9.17) is 5.11 Å². The summed E-state index contributed by atoms with van der Waals surface area (Å²) in [6.45, 7) is 7.93. The van der Waals surface area contributed by atoms with Crippen LogP contribution < -0.4 is 5.32 Å². The Morgan fingerprint density at radius 3 is 2.79 bits per heavy atom. The zero-order valence-corrected chi connectivity index (χ0v) is 9.82. The average Bonchev–Trinajstić information content (AvgIpc) is 2.51. The smallest absolute Gasteiger partial charge is 0.107 e. The topological polar surface area (TPSA) is 45.2 Å². The monoisotopic (exact) mass is 214 g/mol. The third-order valence-corrected chi connectivity index (χ3v) is 2.89. The van der Waals surface area contributed by atoms with Crippen molar-refractivity contribution in [1.29, 1.82) is 0 Å². The third-order valence-electron chi connectivity index (χ3n) is 1.98. The Morgan fingerprint density at radius 1 is 1.57 bits per heavy atom. The SMILES string of the molecule is Cc1cnc(CNCC(C)(C)CO)s1. The highest BCUT2D eigenvalue weighted by Crippen LogP contribution is 2.13. The third kappa shape index (κ3) is 3.74. The molecule has 1 aromatic rings. The largest absolute Gasteiger partial charge is 0.396 e. The quantitative estimate of drug-likeness (QED) is 0.782. The van der Waals surface area contributed by atoms with Gasteiger partial charge >= 0.3 is 0 Å². The van der Waals surface area contributed by atoms with Gasteiger partial charge in [-0.2, -0.15) is 0 Å². The molecule has 3 nitrogen and oxygen atoms in total. The van der Waals surface area contributed by atoms with E-state index in [0.717, 1.165) is 18.1 Å². The van der Waals surface area contributed by atoms with Crippen LogP contribution >= 0.6 is 11.3 Å². The number of thiazole rings is 1. The van der Waals surface area contributed by atoms with Crippen molar-refractivity contribution in [3.63, 3.8) is 0 Å². The van der Waals surface area contributed by atoms with Crippen LogP contribution in [0.15, 0.2) is 6.20 Å². The molecule has 0 saturated heterocycles. The summed E-state index contributed by atoms with van der Waals surface area (Å²) >= 11 is 1.71. The Bertz CT molecular complexity index is 283. The van der Waals surface area contributed by atoms with E-state index in [0.29, 0.717) is 0 Å². The van der Waals surface area contributed by atoms with Gasteiger partial charge in [-0.3, -0.25) is 0 Å². The molecule has 0 amide bonds. The van der Waals surface area contributed by atoms with Crippen LogP contribution in [0.4, 0.5) is 0 Å². The maximum absolute atomic E-state index is 9.04. The van der Waals surface area contributed by atoms with E-state index in [1.54, 1.807) is 11.3 Å². The Morgan fingerprint density at radius 2 is 2.29 bits per heavy atom. The van der Waals surface area contributed by atoms with Gasteiger partial charge in [0.15, 0.2) is 0 Å². The Hall–Kier alpha value is -0.450. The van der Waals surface area contributed by atoms with Crippen molar-refractivity contribution >= 4 is 11.3 Å². The van der Waals surface area contributed by atoms with Crippen LogP contribution in [0, 0.1) is 12.3 Å². The van der Waals surface area contributed by atoms with Gasteiger partial charge in [0.05, 0.1) is 0 Å². The first kappa shape index (κ1) is 11.6. The summed E-state index contributed by atoms with van der Waals surface area (Å²) in [5, 5.41) is 13.4. The minimum atomic E-state index is -0.0493. The number of hydrogen-bond donors (Lipinski definition) is 2. The summed E-state index contributed by atoms with van der Waals surface area (Å²) in [4.78, 5) is 5.49. The first-order valence-electron chi connectivity index (χ1n) is 4.76. The summed E-state index contributed by atoms with van der Waals surface area (Å²) in [6, 6.07) is 0. The molecule has 0 atom stereocenters. The molecule has 0 aliphatic carbocycles. The molecule has 0 aromatic carbocycles. The summed E-state index contributed by atoms with van der Waals surface area (Å²) in [7, 11) is 0. The van der Waals surface area contributed by atoms with Gasteiger partial charge in [0.1, 0.15) is 5.01 Å². The highest BCUT2D eigenvalue weighted by molar-refractivity contribution is 7.11. The average molecular weight is 214 g/mol. The second-order valence-corrected chi connectivity index (χ2v) is 5.61. The number of rotatable bonds is 5. The number of aliphatic hydroxyl groups excluding tert-OH is 1. The van der Waals surface area contributed by atoms with Gasteiger partial charge in [-0.25, -0.2) is 4.98 Å². The second kappa shape index (κ2) is 4.87. The Balaban J connectivity index is 2.28. The van der Waals surface area contributed by atoms with Crippen LogP contribution in [-0.2, 0) is 6.54 Å². The molecule has 0 aliphatic rings.